The van der Waals surface area contributed by atoms with Crippen molar-refractivity contribution >= 4 is 0 Å². The van der Waals surface area contributed by atoms with E-state index in [1.165, 1.54) is 5.57 Å². The number of rotatable bonds is 6. The quantitative estimate of drug-likeness (QED) is 0.726. The standard InChI is InChI=1S/C12H21N3/c1-5-13-11(7-6-10(2)3)12-14-8-9-15(12)4/h8-9,11,13H,2,5-7H2,1,3-4H3. The summed E-state index contributed by atoms with van der Waals surface area (Å²) < 4.78 is 2.08. The summed E-state index contributed by atoms with van der Waals surface area (Å²) in [5.74, 6) is 1.11. The van der Waals surface area contributed by atoms with E-state index in [0.717, 1.165) is 25.2 Å². The number of aromatic nitrogens is 2. The highest BCUT2D eigenvalue weighted by molar-refractivity contribution is 5.00. The van der Waals surface area contributed by atoms with Gasteiger partial charge in [-0.2, -0.15) is 0 Å². The van der Waals surface area contributed by atoms with Crippen LogP contribution in [0.15, 0.2) is 24.5 Å². The maximum atomic E-state index is 4.38. The van der Waals surface area contributed by atoms with Gasteiger partial charge in [-0.15, -0.1) is 6.58 Å². The highest BCUT2D eigenvalue weighted by atomic mass is 15.1. The van der Waals surface area contributed by atoms with E-state index in [1.54, 1.807) is 0 Å². The molecule has 1 aromatic rings. The normalized spacial score (nSPS) is 12.7. The lowest BCUT2D eigenvalue weighted by atomic mass is 10.1. The highest BCUT2D eigenvalue weighted by Crippen LogP contribution is 2.18. The minimum absolute atomic E-state index is 0.340. The molecule has 0 aliphatic carbocycles. The zero-order valence-corrected chi connectivity index (χ0v) is 9.95. The third-order valence-electron chi connectivity index (χ3n) is 2.48. The van der Waals surface area contributed by atoms with Gasteiger partial charge in [0.1, 0.15) is 5.82 Å². The third kappa shape index (κ3) is 3.51. The molecule has 0 bridgehead atoms. The molecule has 0 aliphatic rings. The molecule has 0 fully saturated rings. The van der Waals surface area contributed by atoms with Gasteiger partial charge >= 0.3 is 0 Å². The number of hydrogen-bond donors (Lipinski definition) is 1. The average molecular weight is 207 g/mol. The lowest BCUT2D eigenvalue weighted by Gasteiger charge is -2.17. The fourth-order valence-electron chi connectivity index (χ4n) is 1.67. The number of aryl methyl sites for hydroxylation is 1. The van der Waals surface area contributed by atoms with E-state index in [4.69, 9.17) is 0 Å². The van der Waals surface area contributed by atoms with Crippen LogP contribution in [0.5, 0.6) is 0 Å². The second-order valence-electron chi connectivity index (χ2n) is 4.00. The van der Waals surface area contributed by atoms with Crippen molar-refractivity contribution in [2.24, 2.45) is 7.05 Å². The average Bonchev–Trinajstić information content (AvgIpc) is 2.59. The zero-order chi connectivity index (χ0) is 11.3. The molecule has 1 N–H and O–H groups in total. The van der Waals surface area contributed by atoms with Gasteiger partial charge in [-0.05, 0) is 26.3 Å². The molecule has 1 aromatic heterocycles. The third-order valence-corrected chi connectivity index (χ3v) is 2.48. The molecule has 0 aromatic carbocycles. The van der Waals surface area contributed by atoms with Crippen molar-refractivity contribution in [1.29, 1.82) is 0 Å². The monoisotopic (exact) mass is 207 g/mol. The fourth-order valence-corrected chi connectivity index (χ4v) is 1.67. The Labute approximate surface area is 92.2 Å². The van der Waals surface area contributed by atoms with Gasteiger partial charge in [0.15, 0.2) is 0 Å². The molecule has 0 amide bonds. The topological polar surface area (TPSA) is 29.9 Å². The number of nitrogens with zero attached hydrogens (tertiary/aromatic N) is 2. The predicted octanol–water partition coefficient (Wildman–Crippen LogP) is 2.43. The van der Waals surface area contributed by atoms with Crippen LogP contribution in [0.2, 0.25) is 0 Å². The highest BCUT2D eigenvalue weighted by Gasteiger charge is 2.13. The molecule has 0 saturated heterocycles. The fraction of sp³-hybridized carbons (Fsp3) is 0.583. The van der Waals surface area contributed by atoms with Gasteiger partial charge in [0, 0.05) is 19.4 Å². The van der Waals surface area contributed by atoms with Gasteiger partial charge in [0.25, 0.3) is 0 Å². The maximum Gasteiger partial charge on any atom is 0.125 e. The Morgan fingerprint density at radius 2 is 2.40 bits per heavy atom. The Bertz CT molecular complexity index is 314. The smallest absolute Gasteiger partial charge is 0.125 e. The Hall–Kier alpha value is -1.09. The van der Waals surface area contributed by atoms with E-state index in [-0.39, 0.29) is 0 Å². The molecule has 3 nitrogen and oxygen atoms in total. The largest absolute Gasteiger partial charge is 0.337 e. The van der Waals surface area contributed by atoms with Crippen LogP contribution in [0.4, 0.5) is 0 Å². The summed E-state index contributed by atoms with van der Waals surface area (Å²) in [5, 5.41) is 3.46. The van der Waals surface area contributed by atoms with E-state index >= 15 is 0 Å². The Morgan fingerprint density at radius 3 is 2.87 bits per heavy atom. The molecule has 1 rings (SSSR count). The minimum Gasteiger partial charge on any atom is -0.337 e. The van der Waals surface area contributed by atoms with E-state index in [2.05, 4.69) is 35.3 Å². The van der Waals surface area contributed by atoms with Crippen molar-refractivity contribution in [2.75, 3.05) is 6.54 Å². The van der Waals surface area contributed by atoms with Crippen LogP contribution in [-0.2, 0) is 7.05 Å². The van der Waals surface area contributed by atoms with Crippen molar-refractivity contribution in [3.05, 3.63) is 30.4 Å². The second-order valence-corrected chi connectivity index (χ2v) is 4.00. The molecule has 84 valence electrons. The van der Waals surface area contributed by atoms with Crippen LogP contribution in [0.1, 0.15) is 38.6 Å². The van der Waals surface area contributed by atoms with Crippen LogP contribution in [-0.4, -0.2) is 16.1 Å². The Kier molecular flexibility index (Phi) is 4.56. The number of nitrogens with one attached hydrogen (secondary N) is 1. The summed E-state index contributed by atoms with van der Waals surface area (Å²) in [4.78, 5) is 4.38. The molecule has 0 aliphatic heterocycles. The Morgan fingerprint density at radius 1 is 1.67 bits per heavy atom. The molecule has 0 radical (unpaired) electrons. The summed E-state index contributed by atoms with van der Waals surface area (Å²) in [7, 11) is 2.04. The zero-order valence-electron chi connectivity index (χ0n) is 9.95. The van der Waals surface area contributed by atoms with Crippen molar-refractivity contribution in [3.8, 4) is 0 Å². The molecule has 1 unspecified atom stereocenters. The molecule has 1 heterocycles. The van der Waals surface area contributed by atoms with Crippen molar-refractivity contribution < 1.29 is 0 Å². The first-order valence-electron chi connectivity index (χ1n) is 5.50. The van der Waals surface area contributed by atoms with E-state index < -0.39 is 0 Å². The number of allylic oxidation sites excluding steroid dienone is 1. The van der Waals surface area contributed by atoms with Gasteiger partial charge in [-0.1, -0.05) is 12.5 Å². The number of imidazole rings is 1. The summed E-state index contributed by atoms with van der Waals surface area (Å²) >= 11 is 0. The van der Waals surface area contributed by atoms with Gasteiger partial charge in [-0.25, -0.2) is 4.98 Å². The Balaban J connectivity index is 2.65. The first-order valence-corrected chi connectivity index (χ1v) is 5.50. The second kappa shape index (κ2) is 5.71. The maximum absolute atomic E-state index is 4.38. The first kappa shape index (κ1) is 12.0. The van der Waals surface area contributed by atoms with E-state index in [1.807, 2.05) is 19.4 Å². The molecule has 0 saturated carbocycles. The van der Waals surface area contributed by atoms with Crippen molar-refractivity contribution in [3.63, 3.8) is 0 Å². The summed E-state index contributed by atoms with van der Waals surface area (Å²) in [6, 6.07) is 0.340. The van der Waals surface area contributed by atoms with Gasteiger partial charge in [-0.3, -0.25) is 0 Å². The summed E-state index contributed by atoms with van der Waals surface area (Å²) in [6.45, 7) is 9.09. The van der Waals surface area contributed by atoms with Gasteiger partial charge in [0.05, 0.1) is 6.04 Å². The molecule has 15 heavy (non-hydrogen) atoms. The van der Waals surface area contributed by atoms with Gasteiger partial charge in [0.2, 0.25) is 0 Å². The van der Waals surface area contributed by atoms with Crippen LogP contribution in [0, 0.1) is 0 Å². The van der Waals surface area contributed by atoms with Crippen LogP contribution >= 0.6 is 0 Å². The van der Waals surface area contributed by atoms with Crippen LogP contribution in [0.3, 0.4) is 0 Å². The number of hydrogen-bond acceptors (Lipinski definition) is 2. The molecule has 1 atom stereocenters. The van der Waals surface area contributed by atoms with Crippen LogP contribution < -0.4 is 5.32 Å². The SMILES string of the molecule is C=C(C)CCC(NCC)c1nccn1C. The van der Waals surface area contributed by atoms with E-state index in [9.17, 15) is 0 Å². The van der Waals surface area contributed by atoms with Crippen molar-refractivity contribution in [2.45, 2.75) is 32.7 Å². The molecular weight excluding hydrogens is 186 g/mol. The van der Waals surface area contributed by atoms with E-state index in [0.29, 0.717) is 6.04 Å². The van der Waals surface area contributed by atoms with Crippen molar-refractivity contribution in [1.82, 2.24) is 14.9 Å². The minimum atomic E-state index is 0.340. The van der Waals surface area contributed by atoms with Gasteiger partial charge < -0.3 is 9.88 Å². The molecular formula is C12H21N3. The summed E-state index contributed by atoms with van der Waals surface area (Å²) in [6.07, 6.45) is 5.94. The summed E-state index contributed by atoms with van der Waals surface area (Å²) in [5.41, 5.74) is 1.23. The molecule has 3 heteroatoms. The lowest BCUT2D eigenvalue weighted by Crippen LogP contribution is -2.23. The predicted molar refractivity (Wildman–Crippen MR) is 63.7 cm³/mol. The first-order chi connectivity index (χ1) is 7.15. The van der Waals surface area contributed by atoms with Crippen LogP contribution in [0.25, 0.3) is 0 Å². The lowest BCUT2D eigenvalue weighted by molar-refractivity contribution is 0.477. The molecule has 0 spiro atoms.